The lowest BCUT2D eigenvalue weighted by atomic mass is 9.85. The smallest absolute Gasteiger partial charge is 0.271 e. The number of aromatic nitrogens is 6. The van der Waals surface area contributed by atoms with Crippen LogP contribution in [0.15, 0.2) is 84.2 Å². The van der Waals surface area contributed by atoms with Crippen molar-refractivity contribution < 1.29 is 9.47 Å². The summed E-state index contributed by atoms with van der Waals surface area (Å²) in [5, 5.41) is 16.6. The van der Waals surface area contributed by atoms with E-state index in [4.69, 9.17) is 14.5 Å². The molecule has 2 aliphatic heterocycles. The number of aromatic amines is 1. The number of nitriles is 1. The Kier molecular flexibility index (Phi) is 12.8. The third kappa shape index (κ3) is 10.5. The fourth-order valence-corrected chi connectivity index (χ4v) is 6.66. The number of methoxy groups -OCH3 is 1. The Morgan fingerprint density at radius 3 is 1.95 bits per heavy atom. The van der Waals surface area contributed by atoms with E-state index in [0.29, 0.717) is 49.1 Å². The van der Waals surface area contributed by atoms with Gasteiger partial charge in [0.15, 0.2) is 17.2 Å². The molecule has 5 aromatic rings. The van der Waals surface area contributed by atoms with Crippen LogP contribution in [0.25, 0.3) is 22.8 Å². The first-order chi connectivity index (χ1) is 27.3. The van der Waals surface area contributed by atoms with E-state index in [9.17, 15) is 10.1 Å². The summed E-state index contributed by atoms with van der Waals surface area (Å²) >= 11 is 0. The van der Waals surface area contributed by atoms with Crippen LogP contribution in [0, 0.1) is 22.2 Å². The zero-order valence-corrected chi connectivity index (χ0v) is 33.9. The van der Waals surface area contributed by atoms with Crippen molar-refractivity contribution in [2.24, 2.45) is 10.8 Å². The summed E-state index contributed by atoms with van der Waals surface area (Å²) in [4.78, 5) is 41.7. The number of nitrogens with zero attached hydrogens (tertiary/aromatic N) is 8. The van der Waals surface area contributed by atoms with Crippen LogP contribution < -0.4 is 35.5 Å². The van der Waals surface area contributed by atoms with Crippen molar-refractivity contribution in [2.75, 3.05) is 56.2 Å². The summed E-state index contributed by atoms with van der Waals surface area (Å²) in [6.45, 7) is 18.6. The third-order valence-electron chi connectivity index (χ3n) is 10.2. The Bertz CT molecular complexity index is 2180. The summed E-state index contributed by atoms with van der Waals surface area (Å²) in [7, 11) is 1.66. The maximum atomic E-state index is 12.4. The minimum absolute atomic E-state index is 0.0624. The van der Waals surface area contributed by atoms with E-state index >= 15 is 0 Å². The molecule has 4 aromatic heterocycles. The highest BCUT2D eigenvalue weighted by Gasteiger charge is 2.32. The molecule has 2 atom stereocenters. The number of anilines is 2. The monoisotopic (exact) mass is 771 g/mol. The molecule has 0 aliphatic carbocycles. The molecule has 57 heavy (non-hydrogen) atoms. The molecule has 2 aliphatic rings. The second kappa shape index (κ2) is 17.9. The number of pyridine rings is 2. The van der Waals surface area contributed by atoms with E-state index < -0.39 is 5.56 Å². The summed E-state index contributed by atoms with van der Waals surface area (Å²) < 4.78 is 11.3. The molecule has 0 bridgehead atoms. The minimum atomic E-state index is -0.412. The van der Waals surface area contributed by atoms with E-state index in [1.54, 1.807) is 44.0 Å². The van der Waals surface area contributed by atoms with E-state index in [1.165, 1.54) is 0 Å². The number of hydrogen-bond acceptors (Lipinski definition) is 13. The zero-order chi connectivity index (χ0) is 40.6. The maximum Gasteiger partial charge on any atom is 0.271 e. The van der Waals surface area contributed by atoms with Crippen molar-refractivity contribution in [1.29, 1.82) is 5.26 Å². The van der Waals surface area contributed by atoms with Crippen molar-refractivity contribution in [1.82, 2.24) is 40.5 Å². The highest BCUT2D eigenvalue weighted by molar-refractivity contribution is 5.61. The Hall–Kier alpha value is -5.91. The molecule has 0 radical (unpaired) electrons. The van der Waals surface area contributed by atoms with Crippen molar-refractivity contribution in [3.05, 3.63) is 101 Å². The van der Waals surface area contributed by atoms with Gasteiger partial charge in [-0.3, -0.25) is 14.8 Å². The topological polar surface area (TPSA) is 170 Å². The predicted octanol–water partition coefficient (Wildman–Crippen LogP) is 5.48. The molecule has 0 saturated carbocycles. The molecule has 14 nitrogen and oxygen atoms in total. The Labute approximate surface area is 334 Å². The minimum Gasteiger partial charge on any atom is -0.497 e. The number of hydrogen-bond donors (Lipinski definition) is 3. The fraction of sp³-hybridized carbons (Fsp3) is 0.419. The normalized spacial score (nSPS) is 17.2. The van der Waals surface area contributed by atoms with Gasteiger partial charge in [-0.05, 0) is 52.8 Å². The van der Waals surface area contributed by atoms with Gasteiger partial charge in [0.25, 0.3) is 5.56 Å². The largest absolute Gasteiger partial charge is 0.497 e. The first kappa shape index (κ1) is 40.7. The molecule has 0 spiro atoms. The molecule has 2 fully saturated rings. The first-order valence-corrected chi connectivity index (χ1v) is 19.3. The average molecular weight is 772 g/mol. The standard InChI is InChI=1S/C25H31N5O2.C18H22N6O/c1-25(2,3)21-16-30(14-13-27-21)22-15-23(29-24(28-22)19-9-11-26-12-10-19)32-17-18-5-7-20(31-4)8-6-18;1-18(2,3)14-11-24(9-8-21-14)16-13(10-19)17(25)23-15(22-16)12-4-6-20-7-5-12/h5-12,15,21,27H,13-14,16-17H2,1-4H3;4-7,14,21H,8-9,11H2,1-3H3,(H,22,23,25)/t21-;14-/m11/s1. The lowest BCUT2D eigenvalue weighted by Crippen LogP contribution is -2.56. The maximum absolute atomic E-state index is 12.4. The number of ether oxygens (including phenoxy) is 2. The summed E-state index contributed by atoms with van der Waals surface area (Å²) in [5.74, 6) is 3.81. The lowest BCUT2D eigenvalue weighted by Gasteiger charge is -2.41. The predicted molar refractivity (Wildman–Crippen MR) is 222 cm³/mol. The van der Waals surface area contributed by atoms with Gasteiger partial charge in [0.2, 0.25) is 5.88 Å². The van der Waals surface area contributed by atoms with Crippen molar-refractivity contribution in [3.8, 4) is 40.5 Å². The summed E-state index contributed by atoms with van der Waals surface area (Å²) in [6.07, 6.45) is 6.80. The fourth-order valence-electron chi connectivity index (χ4n) is 6.66. The van der Waals surface area contributed by atoms with Gasteiger partial charge in [0.05, 0.1) is 7.11 Å². The van der Waals surface area contributed by atoms with E-state index in [0.717, 1.165) is 54.4 Å². The van der Waals surface area contributed by atoms with Gasteiger partial charge in [-0.25, -0.2) is 9.97 Å². The molecule has 14 heteroatoms. The summed E-state index contributed by atoms with van der Waals surface area (Å²) in [6, 6.07) is 19.8. The molecule has 298 valence electrons. The quantitative estimate of drug-likeness (QED) is 0.182. The molecule has 7 rings (SSSR count). The number of benzene rings is 1. The van der Waals surface area contributed by atoms with Crippen LogP contribution in [0.1, 0.15) is 52.7 Å². The van der Waals surface area contributed by atoms with Crippen LogP contribution >= 0.6 is 0 Å². The molecular formula is C43H53N11O3. The van der Waals surface area contributed by atoms with Crippen LogP contribution in [0.4, 0.5) is 11.6 Å². The SMILES string of the molecule is CC(C)(C)[C@H]1CN(c2nc(-c3ccncc3)[nH]c(=O)c2C#N)CCN1.COc1ccc(COc2cc(N3CCN[C@@H](C(C)(C)C)C3)nc(-c3ccncc3)n2)cc1. The van der Waals surface area contributed by atoms with Crippen LogP contribution in [0.2, 0.25) is 0 Å². The van der Waals surface area contributed by atoms with Crippen molar-refractivity contribution in [2.45, 2.75) is 60.2 Å². The molecular weight excluding hydrogens is 719 g/mol. The molecule has 3 N–H and O–H groups in total. The second-order valence-electron chi connectivity index (χ2n) is 16.4. The molecule has 0 unspecified atom stereocenters. The average Bonchev–Trinajstić information content (AvgIpc) is 3.23. The highest BCUT2D eigenvalue weighted by atomic mass is 16.5. The molecule has 1 aromatic carbocycles. The van der Waals surface area contributed by atoms with Crippen molar-refractivity contribution in [3.63, 3.8) is 0 Å². The lowest BCUT2D eigenvalue weighted by molar-refractivity contribution is 0.253. The van der Waals surface area contributed by atoms with Gasteiger partial charge >= 0.3 is 0 Å². The Morgan fingerprint density at radius 2 is 1.37 bits per heavy atom. The molecule has 0 amide bonds. The van der Waals surface area contributed by atoms with Gasteiger partial charge < -0.3 is 34.9 Å². The molecule has 6 heterocycles. The van der Waals surface area contributed by atoms with E-state index in [2.05, 4.69) is 82.0 Å². The van der Waals surface area contributed by atoms with E-state index in [-0.39, 0.29) is 22.4 Å². The van der Waals surface area contributed by atoms with Gasteiger partial charge in [-0.2, -0.15) is 10.2 Å². The van der Waals surface area contributed by atoms with E-state index in [1.807, 2.05) is 53.4 Å². The first-order valence-electron chi connectivity index (χ1n) is 19.3. The van der Waals surface area contributed by atoms with Gasteiger partial charge in [0, 0.05) is 93.3 Å². The summed E-state index contributed by atoms with van der Waals surface area (Å²) in [5.41, 5.74) is 2.61. The Balaban J connectivity index is 0.000000199. The van der Waals surface area contributed by atoms with Crippen LogP contribution in [-0.4, -0.2) is 88.4 Å². The van der Waals surface area contributed by atoms with Crippen molar-refractivity contribution >= 4 is 11.6 Å². The number of rotatable bonds is 8. The van der Waals surface area contributed by atoms with Gasteiger partial charge in [-0.1, -0.05) is 53.7 Å². The van der Waals surface area contributed by atoms with Crippen LogP contribution in [-0.2, 0) is 6.61 Å². The number of H-pyrrole nitrogens is 1. The van der Waals surface area contributed by atoms with Crippen LogP contribution in [0.5, 0.6) is 11.6 Å². The highest BCUT2D eigenvalue weighted by Crippen LogP contribution is 2.29. The molecule has 2 saturated heterocycles. The zero-order valence-electron chi connectivity index (χ0n) is 33.9. The third-order valence-corrected chi connectivity index (χ3v) is 10.2. The van der Waals surface area contributed by atoms with Gasteiger partial charge in [-0.15, -0.1) is 0 Å². The second-order valence-corrected chi connectivity index (χ2v) is 16.4. The van der Waals surface area contributed by atoms with Crippen LogP contribution in [0.3, 0.4) is 0 Å². The Morgan fingerprint density at radius 1 is 0.789 bits per heavy atom. The number of nitrogens with one attached hydrogen (secondary N) is 3. The number of piperazine rings is 2. The van der Waals surface area contributed by atoms with Gasteiger partial charge in [0.1, 0.15) is 30.1 Å².